The molecule has 1 aliphatic heterocycles. The molecule has 1 atom stereocenters. The Bertz CT molecular complexity index is 1130. The van der Waals surface area contributed by atoms with E-state index in [0.29, 0.717) is 25.7 Å². The molecule has 30 heavy (non-hydrogen) atoms. The van der Waals surface area contributed by atoms with Crippen molar-refractivity contribution in [2.45, 2.75) is 30.7 Å². The van der Waals surface area contributed by atoms with Crippen LogP contribution in [0.4, 0.5) is 0 Å². The van der Waals surface area contributed by atoms with E-state index < -0.39 is 22.0 Å². The second-order valence-electron chi connectivity index (χ2n) is 6.76. The molecule has 1 saturated heterocycles. The van der Waals surface area contributed by atoms with Crippen LogP contribution in [0.5, 0.6) is 5.75 Å². The number of Topliss-reactive ketones (excluding diaryl/α,β-unsaturated/α-hetero) is 1. The maximum absolute atomic E-state index is 13.3. The Balaban J connectivity index is 2.11. The molecular formula is C21H19Cl2NO5S. The van der Waals surface area contributed by atoms with Crippen LogP contribution in [0.15, 0.2) is 52.9 Å². The Morgan fingerprint density at radius 3 is 2.30 bits per heavy atom. The molecule has 0 aliphatic carbocycles. The van der Waals surface area contributed by atoms with Gasteiger partial charge in [0, 0.05) is 27.6 Å². The highest BCUT2D eigenvalue weighted by Gasteiger charge is 2.40. The van der Waals surface area contributed by atoms with E-state index >= 15 is 0 Å². The molecule has 0 bridgehead atoms. The SMILES string of the molecule is COc1ccc(Cl)cc1/C=C1\CCC(=O)[C@@H](C)N(S(=O)(=O)c2ccc(Cl)cc2)C1=O. The number of carbonyl (C=O) groups is 2. The number of halogens is 2. The molecule has 0 radical (unpaired) electrons. The van der Waals surface area contributed by atoms with Gasteiger partial charge in [0.05, 0.1) is 12.0 Å². The van der Waals surface area contributed by atoms with Crippen molar-refractivity contribution in [3.05, 3.63) is 63.6 Å². The number of benzene rings is 2. The lowest BCUT2D eigenvalue weighted by molar-refractivity contribution is -0.129. The average molecular weight is 468 g/mol. The number of hydrogen-bond donors (Lipinski definition) is 0. The molecule has 1 fully saturated rings. The summed E-state index contributed by atoms with van der Waals surface area (Å²) in [5.74, 6) is -0.636. The highest BCUT2D eigenvalue weighted by atomic mass is 35.5. The largest absolute Gasteiger partial charge is 0.496 e. The molecule has 0 aromatic heterocycles. The van der Waals surface area contributed by atoms with Gasteiger partial charge in [0.25, 0.3) is 15.9 Å². The van der Waals surface area contributed by atoms with Gasteiger partial charge in [-0.15, -0.1) is 0 Å². The number of nitrogens with zero attached hydrogens (tertiary/aromatic N) is 1. The minimum Gasteiger partial charge on any atom is -0.496 e. The lowest BCUT2D eigenvalue weighted by Gasteiger charge is -2.26. The molecule has 9 heteroatoms. The quantitative estimate of drug-likeness (QED) is 0.624. The lowest BCUT2D eigenvalue weighted by Crippen LogP contribution is -2.45. The summed E-state index contributed by atoms with van der Waals surface area (Å²) in [7, 11) is -2.80. The van der Waals surface area contributed by atoms with E-state index in [2.05, 4.69) is 0 Å². The van der Waals surface area contributed by atoms with Crippen LogP contribution in [0, 0.1) is 0 Å². The summed E-state index contributed by atoms with van der Waals surface area (Å²) in [6, 6.07) is 9.19. The van der Waals surface area contributed by atoms with Gasteiger partial charge in [-0.05, 0) is 61.9 Å². The van der Waals surface area contributed by atoms with Crippen molar-refractivity contribution in [3.8, 4) is 5.75 Å². The van der Waals surface area contributed by atoms with Gasteiger partial charge >= 0.3 is 0 Å². The van der Waals surface area contributed by atoms with E-state index in [0.717, 1.165) is 0 Å². The predicted molar refractivity (Wildman–Crippen MR) is 115 cm³/mol. The van der Waals surface area contributed by atoms with Crippen molar-refractivity contribution < 1.29 is 22.7 Å². The third-order valence-electron chi connectivity index (χ3n) is 4.83. The molecule has 0 N–H and O–H groups in total. The third kappa shape index (κ3) is 4.38. The van der Waals surface area contributed by atoms with Crippen molar-refractivity contribution in [2.24, 2.45) is 0 Å². The lowest BCUT2D eigenvalue weighted by atomic mass is 10.0. The van der Waals surface area contributed by atoms with E-state index in [1.165, 1.54) is 44.4 Å². The van der Waals surface area contributed by atoms with E-state index in [1.807, 2.05) is 0 Å². The van der Waals surface area contributed by atoms with E-state index in [1.54, 1.807) is 18.2 Å². The van der Waals surface area contributed by atoms with Gasteiger partial charge in [0.1, 0.15) is 11.8 Å². The Labute approximate surface area is 185 Å². The maximum Gasteiger partial charge on any atom is 0.267 e. The number of ketones is 1. The van der Waals surface area contributed by atoms with Crippen molar-refractivity contribution in [3.63, 3.8) is 0 Å². The van der Waals surface area contributed by atoms with Crippen LogP contribution in [0.3, 0.4) is 0 Å². The molecule has 2 aromatic rings. The summed E-state index contributed by atoms with van der Waals surface area (Å²) in [5, 5.41) is 0.785. The van der Waals surface area contributed by atoms with Crippen molar-refractivity contribution >= 4 is 51.0 Å². The Morgan fingerprint density at radius 1 is 1.03 bits per heavy atom. The summed E-state index contributed by atoms with van der Waals surface area (Å²) in [6.45, 7) is 1.41. The number of sulfonamides is 1. The van der Waals surface area contributed by atoms with Crippen LogP contribution in [0.25, 0.3) is 6.08 Å². The van der Waals surface area contributed by atoms with E-state index in [-0.39, 0.29) is 29.1 Å². The predicted octanol–water partition coefficient (Wildman–Crippen LogP) is 4.35. The van der Waals surface area contributed by atoms with Gasteiger partial charge in [0.15, 0.2) is 5.78 Å². The second-order valence-corrected chi connectivity index (χ2v) is 9.45. The van der Waals surface area contributed by atoms with Crippen LogP contribution in [0.1, 0.15) is 25.3 Å². The number of ether oxygens (including phenoxy) is 1. The average Bonchev–Trinajstić information content (AvgIpc) is 2.80. The molecule has 1 heterocycles. The van der Waals surface area contributed by atoms with Crippen LogP contribution >= 0.6 is 23.2 Å². The summed E-state index contributed by atoms with van der Waals surface area (Å²) in [5.41, 5.74) is 0.685. The van der Waals surface area contributed by atoms with Gasteiger partial charge in [-0.1, -0.05) is 23.2 Å². The zero-order chi connectivity index (χ0) is 22.1. The topological polar surface area (TPSA) is 80.8 Å². The summed E-state index contributed by atoms with van der Waals surface area (Å²) in [6.07, 6.45) is 1.65. The smallest absolute Gasteiger partial charge is 0.267 e. The van der Waals surface area contributed by atoms with Crippen molar-refractivity contribution in [1.29, 1.82) is 0 Å². The van der Waals surface area contributed by atoms with Crippen molar-refractivity contribution in [1.82, 2.24) is 4.31 Å². The molecule has 6 nitrogen and oxygen atoms in total. The van der Waals surface area contributed by atoms with Gasteiger partial charge in [-0.25, -0.2) is 12.7 Å². The zero-order valence-electron chi connectivity index (χ0n) is 16.3. The van der Waals surface area contributed by atoms with Crippen molar-refractivity contribution in [2.75, 3.05) is 7.11 Å². The van der Waals surface area contributed by atoms with Gasteiger partial charge in [0.2, 0.25) is 0 Å². The minimum atomic E-state index is -4.28. The maximum atomic E-state index is 13.3. The molecule has 0 spiro atoms. The first-order valence-corrected chi connectivity index (χ1v) is 11.3. The molecule has 158 valence electrons. The number of amides is 1. The Morgan fingerprint density at radius 2 is 1.67 bits per heavy atom. The normalized spacial score (nSPS) is 19.1. The first-order valence-electron chi connectivity index (χ1n) is 9.06. The standard InChI is InChI=1S/C21H19Cl2NO5S/c1-13-19(25)9-3-14(11-15-12-17(23)6-10-20(15)29-2)21(26)24(13)30(27,28)18-7-4-16(22)5-8-18/h4-8,10-13H,3,9H2,1-2H3/b14-11+/t13-/m1/s1. The molecule has 2 aromatic carbocycles. The number of rotatable bonds is 4. The summed E-state index contributed by atoms with van der Waals surface area (Å²) >= 11 is 11.9. The van der Waals surface area contributed by atoms with Crippen LogP contribution in [-0.4, -0.2) is 37.6 Å². The van der Waals surface area contributed by atoms with E-state index in [9.17, 15) is 18.0 Å². The minimum absolute atomic E-state index is 0.0360. The second kappa shape index (κ2) is 8.79. The fourth-order valence-corrected chi connectivity index (χ4v) is 5.08. The van der Waals surface area contributed by atoms with E-state index in [4.69, 9.17) is 27.9 Å². The van der Waals surface area contributed by atoms with Gasteiger partial charge in [-0.2, -0.15) is 0 Å². The highest BCUT2D eigenvalue weighted by molar-refractivity contribution is 7.89. The third-order valence-corrected chi connectivity index (χ3v) is 7.18. The van der Waals surface area contributed by atoms with Gasteiger partial charge < -0.3 is 4.74 Å². The zero-order valence-corrected chi connectivity index (χ0v) is 18.6. The molecule has 3 rings (SSSR count). The fraction of sp³-hybridized carbons (Fsp3) is 0.238. The first-order chi connectivity index (χ1) is 14.1. The fourth-order valence-electron chi connectivity index (χ4n) is 3.20. The van der Waals surface area contributed by atoms with Gasteiger partial charge in [-0.3, -0.25) is 9.59 Å². The first kappa shape index (κ1) is 22.3. The summed E-state index contributed by atoms with van der Waals surface area (Å²) < 4.78 is 32.4. The molecule has 1 amide bonds. The monoisotopic (exact) mass is 467 g/mol. The molecule has 1 aliphatic rings. The number of hydrogen-bond acceptors (Lipinski definition) is 5. The Hall–Kier alpha value is -2.35. The highest BCUT2D eigenvalue weighted by Crippen LogP contribution is 2.31. The Kier molecular flexibility index (Phi) is 6.55. The van der Waals surface area contributed by atoms with Crippen LogP contribution in [-0.2, 0) is 19.6 Å². The number of methoxy groups -OCH3 is 1. The molecular weight excluding hydrogens is 449 g/mol. The van der Waals surface area contributed by atoms with Crippen LogP contribution in [0.2, 0.25) is 10.0 Å². The summed E-state index contributed by atoms with van der Waals surface area (Å²) in [4.78, 5) is 25.7. The molecule has 0 unspecified atom stereocenters. The number of carbonyl (C=O) groups excluding carboxylic acids is 2. The molecule has 0 saturated carbocycles. The van der Waals surface area contributed by atoms with Crippen LogP contribution < -0.4 is 4.74 Å².